The van der Waals surface area contributed by atoms with E-state index < -0.39 is 28.2 Å². The number of piperidine rings is 2. The number of ether oxygens (including phenoxy) is 2. The lowest BCUT2D eigenvalue weighted by molar-refractivity contribution is -0.343. The van der Waals surface area contributed by atoms with Crippen LogP contribution >= 0.6 is 0 Å². The molecular weight excluding hydrogens is 580 g/mol. The maximum Gasteiger partial charge on any atom is 0.166 e. The number of phenolic OH excluding ortho intramolecular Hbond substituents is 2. The molecule has 0 radical (unpaired) electrons. The van der Waals surface area contributed by atoms with Crippen LogP contribution in [0.2, 0.25) is 0 Å². The lowest BCUT2D eigenvalue weighted by Gasteiger charge is -2.86. The fourth-order valence-electron chi connectivity index (χ4n) is 12.5. The van der Waals surface area contributed by atoms with E-state index in [1.165, 1.54) is 5.56 Å². The van der Waals surface area contributed by atoms with Gasteiger partial charge in [-0.2, -0.15) is 10.2 Å². The van der Waals surface area contributed by atoms with Crippen molar-refractivity contribution in [2.75, 3.05) is 13.1 Å². The molecule has 10 aliphatic rings. The molecule has 4 bridgehead atoms. The summed E-state index contributed by atoms with van der Waals surface area (Å²) >= 11 is 0. The number of hydrogen-bond acceptors (Lipinski definition) is 9. The first-order valence-electron chi connectivity index (χ1n) is 16.6. The van der Waals surface area contributed by atoms with Gasteiger partial charge in [-0.3, -0.25) is 10.2 Å². The van der Waals surface area contributed by atoms with Crippen LogP contribution in [0, 0.1) is 5.92 Å². The van der Waals surface area contributed by atoms with Gasteiger partial charge in [0.1, 0.15) is 11.3 Å². The molecule has 234 valence electrons. The number of nitrogens with one attached hydrogen (secondary N) is 1. The normalized spacial score (nSPS) is 45.2. The fourth-order valence-corrected chi connectivity index (χ4v) is 12.5. The zero-order chi connectivity index (χ0) is 31.0. The third kappa shape index (κ3) is 2.39. The molecule has 0 aromatic heterocycles. The molecule has 4 heterocycles. The Balaban J connectivity index is 1.04. The minimum atomic E-state index is -1.04. The van der Waals surface area contributed by atoms with Crippen LogP contribution in [0.4, 0.5) is 0 Å². The van der Waals surface area contributed by atoms with Gasteiger partial charge >= 0.3 is 0 Å². The highest BCUT2D eigenvalue weighted by molar-refractivity contribution is 6.04. The average Bonchev–Trinajstić information content (AvgIpc) is 3.59. The molecule has 4 aliphatic heterocycles. The van der Waals surface area contributed by atoms with E-state index in [1.807, 2.05) is 18.2 Å². The van der Waals surface area contributed by atoms with Gasteiger partial charge in [0.25, 0.3) is 0 Å². The van der Waals surface area contributed by atoms with Crippen molar-refractivity contribution in [1.82, 2.24) is 10.2 Å². The zero-order valence-electron chi connectivity index (χ0n) is 25.5. The van der Waals surface area contributed by atoms with Crippen LogP contribution in [0.3, 0.4) is 0 Å². The van der Waals surface area contributed by atoms with E-state index in [4.69, 9.17) is 19.7 Å². The van der Waals surface area contributed by atoms with Gasteiger partial charge in [-0.05, 0) is 68.0 Å². The number of aliphatic hydroxyl groups is 1. The molecule has 12 rings (SSSR count). The highest BCUT2D eigenvalue weighted by Crippen LogP contribution is 2.80. The summed E-state index contributed by atoms with van der Waals surface area (Å²) in [7, 11) is 0. The number of benzene rings is 2. The summed E-state index contributed by atoms with van der Waals surface area (Å²) in [5.41, 5.74) is 2.78. The Morgan fingerprint density at radius 1 is 0.978 bits per heavy atom. The minimum absolute atomic E-state index is 0.0977. The summed E-state index contributed by atoms with van der Waals surface area (Å²) in [6.45, 7) is 9.78. The molecule has 2 aromatic carbocycles. The highest BCUT2D eigenvalue weighted by atomic mass is 16.5. The first kappa shape index (κ1) is 26.2. The summed E-state index contributed by atoms with van der Waals surface area (Å²) < 4.78 is 13.3. The largest absolute Gasteiger partial charge is 0.504 e. The molecule has 9 atom stereocenters. The van der Waals surface area contributed by atoms with Crippen molar-refractivity contribution in [2.24, 2.45) is 16.1 Å². The van der Waals surface area contributed by atoms with E-state index in [0.717, 1.165) is 60.5 Å². The van der Waals surface area contributed by atoms with Gasteiger partial charge in [-0.1, -0.05) is 30.4 Å². The van der Waals surface area contributed by atoms with E-state index in [9.17, 15) is 15.3 Å². The van der Waals surface area contributed by atoms with Gasteiger partial charge in [0, 0.05) is 36.1 Å². The van der Waals surface area contributed by atoms with Crippen LogP contribution in [-0.4, -0.2) is 79.7 Å². The Morgan fingerprint density at radius 3 is 2.57 bits per heavy atom. The van der Waals surface area contributed by atoms with E-state index in [1.54, 1.807) is 12.1 Å². The van der Waals surface area contributed by atoms with Crippen molar-refractivity contribution < 1.29 is 24.8 Å². The molecule has 0 unspecified atom stereocenters. The van der Waals surface area contributed by atoms with Crippen LogP contribution < -0.4 is 14.8 Å². The lowest BCUT2D eigenvalue weighted by Crippen LogP contribution is -3.07. The van der Waals surface area contributed by atoms with Crippen molar-refractivity contribution in [3.63, 3.8) is 0 Å². The molecule has 9 nitrogen and oxygen atoms in total. The molecular formula is C37H36N4O5. The van der Waals surface area contributed by atoms with Gasteiger partial charge in [0.2, 0.25) is 0 Å². The van der Waals surface area contributed by atoms with Crippen LogP contribution in [0.25, 0.3) is 0 Å². The summed E-state index contributed by atoms with van der Waals surface area (Å²) in [6.07, 6.45) is 11.6. The number of fused-ring (bicyclic) bond motifs is 1. The molecule has 2 aromatic rings. The van der Waals surface area contributed by atoms with Gasteiger partial charge in [-0.25, -0.2) is 0 Å². The number of aromatic hydroxyl groups is 2. The van der Waals surface area contributed by atoms with Crippen LogP contribution in [-0.2, 0) is 23.7 Å². The molecule has 6 aliphatic carbocycles. The second kappa shape index (κ2) is 7.78. The van der Waals surface area contributed by atoms with Crippen molar-refractivity contribution in [1.29, 1.82) is 0 Å². The number of hydrogen-bond donors (Lipinski definition) is 4. The molecule has 46 heavy (non-hydrogen) atoms. The Hall–Kier alpha value is -3.92. The number of likely N-dealkylation sites (tertiary alicyclic amines) is 1. The number of rotatable bonds is 5. The molecule has 3 spiro atoms. The fraction of sp³-hybridized carbons (Fsp3) is 0.459. The van der Waals surface area contributed by atoms with Gasteiger partial charge < -0.3 is 24.8 Å². The van der Waals surface area contributed by atoms with Gasteiger partial charge in [-0.15, -0.1) is 13.2 Å². The van der Waals surface area contributed by atoms with Crippen molar-refractivity contribution in [3.05, 3.63) is 84.0 Å². The molecule has 4 N–H and O–H groups in total. The summed E-state index contributed by atoms with van der Waals surface area (Å²) in [5, 5.41) is 48.4. The van der Waals surface area contributed by atoms with Crippen LogP contribution in [0.1, 0.15) is 47.9 Å². The van der Waals surface area contributed by atoms with Gasteiger partial charge in [0.05, 0.1) is 27.6 Å². The zero-order valence-corrected chi connectivity index (χ0v) is 25.5. The van der Waals surface area contributed by atoms with Crippen molar-refractivity contribution in [3.8, 4) is 23.0 Å². The number of nitrogens with zero attached hydrogens (tertiary/aromatic N) is 3. The summed E-state index contributed by atoms with van der Waals surface area (Å²) in [4.78, 5) is 2.52. The highest BCUT2D eigenvalue weighted by Gasteiger charge is 2.95. The van der Waals surface area contributed by atoms with Crippen LogP contribution in [0.15, 0.2) is 71.9 Å². The van der Waals surface area contributed by atoms with Crippen molar-refractivity contribution in [2.45, 2.75) is 84.3 Å². The Labute approximate surface area is 266 Å². The molecule has 9 heteroatoms. The molecule has 3 saturated carbocycles. The third-order valence-corrected chi connectivity index (χ3v) is 13.7. The predicted molar refractivity (Wildman–Crippen MR) is 171 cm³/mol. The number of phenols is 2. The predicted octanol–water partition coefficient (Wildman–Crippen LogP) is 3.35. The van der Waals surface area contributed by atoms with Crippen LogP contribution in [0.5, 0.6) is 23.0 Å². The SMILES string of the molecule is C=CCN1CC[C@]23c4c5ccc(O)c4O[C@H]2/C(=N/N=C2\C[C@@]46C[C@]78c9c(ccc(O)c9O[C@@H]27)C[C@@](CC=C)(N4)[C@]68O)C=C[C@H]3[C@H]1C5. The maximum absolute atomic E-state index is 12.7. The quantitative estimate of drug-likeness (QED) is 0.301. The standard InChI is InChI=1S/C37H36N4O5/c1-3-11-33-16-20-6-10-26(43)30-28(20)36-18-34(40-33,37(33,36)44)17-23(32(36)46-30)39-38-22-8-7-21-24-15-19-5-9-25(42)29-27(19)35(21,31(22)45-29)12-14-41(24)13-4-2/h3-10,21,24,31-32,40,42-44H,1-2,11-18H2/b38-22+,39-23+/t21-,24+,31-,32-,33+,34-,35-,36-,37-/m0/s1. The maximum atomic E-state index is 12.7. The molecule has 2 saturated heterocycles. The van der Waals surface area contributed by atoms with E-state index in [2.05, 4.69) is 41.6 Å². The molecule has 0 amide bonds. The molecule has 5 fully saturated rings. The first-order valence-corrected chi connectivity index (χ1v) is 16.6. The van der Waals surface area contributed by atoms with E-state index >= 15 is 0 Å². The monoisotopic (exact) mass is 616 g/mol. The van der Waals surface area contributed by atoms with E-state index in [-0.39, 0.29) is 28.9 Å². The first-order chi connectivity index (χ1) is 22.3. The Kier molecular flexibility index (Phi) is 4.43. The Bertz CT molecular complexity index is 1950. The third-order valence-electron chi connectivity index (χ3n) is 13.7. The smallest absolute Gasteiger partial charge is 0.166 e. The minimum Gasteiger partial charge on any atom is -0.504 e. The Morgan fingerprint density at radius 2 is 1.76 bits per heavy atom. The average molecular weight is 617 g/mol. The summed E-state index contributed by atoms with van der Waals surface area (Å²) in [6, 6.07) is 7.81. The second-order valence-corrected chi connectivity index (χ2v) is 15.2. The van der Waals surface area contributed by atoms with E-state index in [0.29, 0.717) is 36.8 Å². The van der Waals surface area contributed by atoms with Crippen molar-refractivity contribution >= 4 is 11.4 Å². The van der Waals surface area contributed by atoms with Gasteiger partial charge in [0.15, 0.2) is 35.2 Å². The lowest BCUT2D eigenvalue weighted by atomic mass is 9.26. The summed E-state index contributed by atoms with van der Waals surface area (Å²) in [5.74, 6) is 1.55. The second-order valence-electron chi connectivity index (χ2n) is 15.2. The topological polar surface area (TPSA) is 119 Å².